The zero-order chi connectivity index (χ0) is 24.6. The summed E-state index contributed by atoms with van der Waals surface area (Å²) in [5.74, 6) is -6.72. The Kier molecular flexibility index (Phi) is 9.17. The molecule has 1 fully saturated rings. The Hall–Kier alpha value is -3.19. The predicted octanol–water partition coefficient (Wildman–Crippen LogP) is 0.829. The molecule has 0 aliphatic carbocycles. The van der Waals surface area contributed by atoms with Gasteiger partial charge in [-0.25, -0.2) is 9.59 Å². The minimum atomic E-state index is -5.23. The molecule has 2 rings (SSSR count). The number of carboxylic acid groups (broad SMARTS) is 1. The van der Waals surface area contributed by atoms with Gasteiger partial charge in [-0.3, -0.25) is 9.59 Å². The fraction of sp³-hybridized carbons (Fsp3) is 0.500. The number of aliphatic carboxylic acids is 1. The molecule has 0 aromatic heterocycles. The second kappa shape index (κ2) is 11.6. The first kappa shape index (κ1) is 26.1. The number of carbonyl (C=O) groups is 4. The van der Waals surface area contributed by atoms with Gasteiger partial charge in [-0.2, -0.15) is 13.2 Å². The zero-order valence-corrected chi connectivity index (χ0v) is 17.5. The van der Waals surface area contributed by atoms with E-state index in [1.165, 1.54) is 6.92 Å². The molecule has 2 unspecified atom stereocenters. The van der Waals surface area contributed by atoms with Gasteiger partial charge in [0.25, 0.3) is 6.10 Å². The lowest BCUT2D eigenvalue weighted by Gasteiger charge is -2.23. The molecule has 2 atom stereocenters. The molecule has 0 saturated carbocycles. The average molecular weight is 476 g/mol. The highest BCUT2D eigenvalue weighted by molar-refractivity contribution is 6.05. The summed E-state index contributed by atoms with van der Waals surface area (Å²) < 4.78 is 51.7. The van der Waals surface area contributed by atoms with Crippen LogP contribution in [0.15, 0.2) is 24.3 Å². The number of piperidine rings is 1. The van der Waals surface area contributed by atoms with E-state index in [1.807, 2.05) is 0 Å². The third-order valence-electron chi connectivity index (χ3n) is 4.52. The molecular weight excluding hydrogens is 453 g/mol. The number of nitrogens with one attached hydrogen (secondary N) is 2. The molecule has 33 heavy (non-hydrogen) atoms. The number of halogens is 3. The van der Waals surface area contributed by atoms with E-state index >= 15 is 0 Å². The predicted molar refractivity (Wildman–Crippen MR) is 105 cm³/mol. The van der Waals surface area contributed by atoms with Gasteiger partial charge in [0.1, 0.15) is 18.1 Å². The third-order valence-corrected chi connectivity index (χ3v) is 4.52. The number of benzene rings is 1. The first-order valence-electron chi connectivity index (χ1n) is 9.91. The number of hydrogen-bond acceptors (Lipinski definition) is 8. The highest BCUT2D eigenvalue weighted by atomic mass is 19.4. The SMILES string of the molecule is CC(NC(=O)COC1CCNCC1)C(=O)C(Oc1cccc(OC(=O)C(F)(F)F)c1)C(=O)O. The van der Waals surface area contributed by atoms with Crippen LogP contribution in [0.2, 0.25) is 0 Å². The minimum Gasteiger partial charge on any atom is -0.478 e. The van der Waals surface area contributed by atoms with Crippen LogP contribution in [0.25, 0.3) is 0 Å². The molecule has 13 heteroatoms. The summed E-state index contributed by atoms with van der Waals surface area (Å²) in [7, 11) is 0. The van der Waals surface area contributed by atoms with Crippen molar-refractivity contribution in [3.05, 3.63) is 24.3 Å². The Morgan fingerprint density at radius 3 is 2.42 bits per heavy atom. The van der Waals surface area contributed by atoms with Crippen molar-refractivity contribution in [1.29, 1.82) is 0 Å². The van der Waals surface area contributed by atoms with E-state index in [9.17, 15) is 37.5 Å². The molecule has 3 N–H and O–H groups in total. The molecule has 1 aromatic carbocycles. The summed E-state index contributed by atoms with van der Waals surface area (Å²) in [4.78, 5) is 47.0. The largest absolute Gasteiger partial charge is 0.491 e. The monoisotopic (exact) mass is 476 g/mol. The molecule has 0 radical (unpaired) electrons. The number of carboxylic acids is 1. The summed E-state index contributed by atoms with van der Waals surface area (Å²) in [5.41, 5.74) is 0. The van der Waals surface area contributed by atoms with Crippen LogP contribution < -0.4 is 20.1 Å². The highest BCUT2D eigenvalue weighted by Gasteiger charge is 2.41. The van der Waals surface area contributed by atoms with Crippen molar-refractivity contribution in [2.75, 3.05) is 19.7 Å². The molecular formula is C20H23F3N2O8. The van der Waals surface area contributed by atoms with Gasteiger partial charge in [-0.05, 0) is 45.0 Å². The van der Waals surface area contributed by atoms with Gasteiger partial charge in [0.15, 0.2) is 0 Å². The fourth-order valence-electron chi connectivity index (χ4n) is 2.88. The van der Waals surface area contributed by atoms with Crippen molar-refractivity contribution in [2.45, 2.75) is 44.2 Å². The van der Waals surface area contributed by atoms with Gasteiger partial charge in [0.2, 0.25) is 11.7 Å². The highest BCUT2D eigenvalue weighted by Crippen LogP contribution is 2.24. The van der Waals surface area contributed by atoms with Crippen molar-refractivity contribution in [1.82, 2.24) is 10.6 Å². The van der Waals surface area contributed by atoms with Gasteiger partial charge in [0.05, 0.1) is 12.1 Å². The van der Waals surface area contributed by atoms with E-state index in [1.54, 1.807) is 0 Å². The molecule has 0 bridgehead atoms. The molecule has 1 aliphatic rings. The van der Waals surface area contributed by atoms with Gasteiger partial charge in [0, 0.05) is 6.07 Å². The van der Waals surface area contributed by atoms with E-state index in [0.717, 1.165) is 50.2 Å². The quantitative estimate of drug-likeness (QED) is 0.254. The van der Waals surface area contributed by atoms with Crippen LogP contribution in [0.5, 0.6) is 11.5 Å². The maximum Gasteiger partial charge on any atom is 0.491 e. The normalized spacial score (nSPS) is 16.4. The number of alkyl halides is 3. The Bertz CT molecular complexity index is 871. The molecule has 0 spiro atoms. The van der Waals surface area contributed by atoms with Crippen LogP contribution in [-0.4, -0.2) is 72.9 Å². The Morgan fingerprint density at radius 2 is 1.82 bits per heavy atom. The maximum atomic E-state index is 12.5. The number of hydrogen-bond donors (Lipinski definition) is 3. The van der Waals surface area contributed by atoms with Crippen LogP contribution in [0.1, 0.15) is 19.8 Å². The van der Waals surface area contributed by atoms with E-state index < -0.39 is 47.7 Å². The van der Waals surface area contributed by atoms with Crippen LogP contribution in [0, 0.1) is 0 Å². The molecule has 10 nitrogen and oxygen atoms in total. The third kappa shape index (κ3) is 8.35. The number of amides is 1. The molecule has 1 aromatic rings. The average Bonchev–Trinajstić information content (AvgIpc) is 2.75. The van der Waals surface area contributed by atoms with E-state index in [0.29, 0.717) is 0 Å². The van der Waals surface area contributed by atoms with E-state index in [-0.39, 0.29) is 18.5 Å². The van der Waals surface area contributed by atoms with Crippen LogP contribution >= 0.6 is 0 Å². The molecule has 182 valence electrons. The lowest BCUT2D eigenvalue weighted by atomic mass is 10.1. The number of rotatable bonds is 10. The summed E-state index contributed by atoms with van der Waals surface area (Å²) in [5, 5.41) is 14.8. The first-order valence-corrected chi connectivity index (χ1v) is 9.91. The standard InChI is InChI=1S/C20H23F3N2O8/c1-11(25-15(26)10-31-12-5-7-24-8-6-12)16(27)17(18(28)29)32-13-3-2-4-14(9-13)33-19(30)20(21,22)23/h2-4,9,11-12,17,24H,5-8,10H2,1H3,(H,25,26)(H,28,29). The zero-order valence-electron chi connectivity index (χ0n) is 17.5. The van der Waals surface area contributed by atoms with Crippen LogP contribution in [0.4, 0.5) is 13.2 Å². The second-order valence-corrected chi connectivity index (χ2v) is 7.15. The summed E-state index contributed by atoms with van der Waals surface area (Å²) >= 11 is 0. The number of esters is 1. The van der Waals surface area contributed by atoms with Crippen molar-refractivity contribution in [3.8, 4) is 11.5 Å². The lowest BCUT2D eigenvalue weighted by Crippen LogP contribution is -2.49. The van der Waals surface area contributed by atoms with Gasteiger partial charge in [-0.1, -0.05) is 6.07 Å². The summed E-state index contributed by atoms with van der Waals surface area (Å²) in [6.07, 6.45) is -5.96. The van der Waals surface area contributed by atoms with Crippen molar-refractivity contribution in [2.24, 2.45) is 0 Å². The first-order chi connectivity index (χ1) is 15.5. The van der Waals surface area contributed by atoms with Crippen LogP contribution in [0.3, 0.4) is 0 Å². The number of carbonyl (C=O) groups excluding carboxylic acids is 3. The Morgan fingerprint density at radius 1 is 1.18 bits per heavy atom. The molecule has 1 saturated heterocycles. The molecule has 1 heterocycles. The number of ketones is 1. The lowest BCUT2D eigenvalue weighted by molar-refractivity contribution is -0.189. The van der Waals surface area contributed by atoms with Gasteiger partial charge >= 0.3 is 18.1 Å². The molecule has 1 aliphatic heterocycles. The second-order valence-electron chi connectivity index (χ2n) is 7.15. The van der Waals surface area contributed by atoms with Gasteiger partial charge < -0.3 is 30.0 Å². The maximum absolute atomic E-state index is 12.5. The van der Waals surface area contributed by atoms with Crippen LogP contribution in [-0.2, 0) is 23.9 Å². The van der Waals surface area contributed by atoms with E-state index in [2.05, 4.69) is 15.4 Å². The van der Waals surface area contributed by atoms with Crippen molar-refractivity contribution in [3.63, 3.8) is 0 Å². The number of ether oxygens (including phenoxy) is 3. The molecule has 1 amide bonds. The van der Waals surface area contributed by atoms with Crippen molar-refractivity contribution >= 4 is 23.6 Å². The van der Waals surface area contributed by atoms with E-state index in [4.69, 9.17) is 9.47 Å². The minimum absolute atomic E-state index is 0.100. The summed E-state index contributed by atoms with van der Waals surface area (Å²) in [6, 6.07) is 2.87. The topological polar surface area (TPSA) is 140 Å². The fourth-order valence-corrected chi connectivity index (χ4v) is 2.88. The Labute approximate surface area is 186 Å². The van der Waals surface area contributed by atoms with Crippen molar-refractivity contribution < 1.29 is 51.7 Å². The number of Topliss-reactive ketones (excluding diaryl/α,β-unsaturated/α-hetero) is 1. The Balaban J connectivity index is 1.96. The smallest absolute Gasteiger partial charge is 0.478 e. The van der Waals surface area contributed by atoms with Gasteiger partial charge in [-0.15, -0.1) is 0 Å². The summed E-state index contributed by atoms with van der Waals surface area (Å²) in [6.45, 7) is 2.46.